The molecule has 0 fully saturated rings. The van der Waals surface area contributed by atoms with Gasteiger partial charge in [-0.3, -0.25) is 4.98 Å². The molecule has 1 N–H and O–H groups in total. The quantitative estimate of drug-likeness (QED) is 0.790. The van der Waals surface area contributed by atoms with Crippen molar-refractivity contribution in [1.29, 1.82) is 0 Å². The third kappa shape index (κ3) is 5.68. The first-order chi connectivity index (χ1) is 8.11. The number of nitrogens with one attached hydrogen (secondary N) is 1. The minimum absolute atomic E-state index is 0.547. The van der Waals surface area contributed by atoms with E-state index >= 15 is 0 Å². The molecule has 0 amide bonds. The molecule has 17 heavy (non-hydrogen) atoms. The summed E-state index contributed by atoms with van der Waals surface area (Å²) in [6.45, 7) is 10.3. The average Bonchev–Trinajstić information content (AvgIpc) is 2.27. The number of hydrogen-bond acceptors (Lipinski definition) is 3. The van der Waals surface area contributed by atoms with E-state index in [4.69, 9.17) is 4.74 Å². The highest BCUT2D eigenvalue weighted by Crippen LogP contribution is 2.14. The first-order valence-corrected chi connectivity index (χ1v) is 6.42. The molecule has 1 atom stereocenters. The summed E-state index contributed by atoms with van der Waals surface area (Å²) in [5.41, 5.74) is 1.24. The predicted octanol–water partition coefficient (Wildman–Crippen LogP) is 2.66. The van der Waals surface area contributed by atoms with E-state index in [1.807, 2.05) is 13.1 Å². The third-order valence-electron chi connectivity index (χ3n) is 2.54. The summed E-state index contributed by atoms with van der Waals surface area (Å²) in [5.74, 6) is 1.48. The van der Waals surface area contributed by atoms with Crippen LogP contribution in [0.4, 0.5) is 0 Å². The Labute approximate surface area is 105 Å². The van der Waals surface area contributed by atoms with Crippen LogP contribution in [-0.2, 0) is 6.42 Å². The van der Waals surface area contributed by atoms with Gasteiger partial charge >= 0.3 is 0 Å². The summed E-state index contributed by atoms with van der Waals surface area (Å²) in [6, 6.07) is 2.63. The van der Waals surface area contributed by atoms with Crippen LogP contribution in [-0.4, -0.2) is 24.2 Å². The van der Waals surface area contributed by atoms with Crippen molar-refractivity contribution in [3.05, 3.63) is 24.0 Å². The van der Waals surface area contributed by atoms with Crippen molar-refractivity contribution in [2.75, 3.05) is 13.2 Å². The molecule has 0 aliphatic carbocycles. The molecule has 0 aliphatic rings. The molecular formula is C14H24N2O. The second-order valence-electron chi connectivity index (χ2n) is 4.83. The summed E-state index contributed by atoms with van der Waals surface area (Å²) in [5, 5.41) is 3.45. The van der Waals surface area contributed by atoms with Gasteiger partial charge in [-0.2, -0.15) is 0 Å². The Hall–Kier alpha value is -1.09. The highest BCUT2D eigenvalue weighted by Gasteiger charge is 2.05. The predicted molar refractivity (Wildman–Crippen MR) is 71.4 cm³/mol. The first-order valence-electron chi connectivity index (χ1n) is 6.42. The molecule has 3 nitrogen and oxygen atoms in total. The van der Waals surface area contributed by atoms with Gasteiger partial charge in [0.05, 0.1) is 12.8 Å². The fourth-order valence-corrected chi connectivity index (χ4v) is 1.73. The lowest BCUT2D eigenvalue weighted by atomic mass is 10.0. The Bertz CT molecular complexity index is 326. The zero-order valence-electron chi connectivity index (χ0n) is 11.4. The monoisotopic (exact) mass is 236 g/mol. The lowest BCUT2D eigenvalue weighted by Gasteiger charge is -2.15. The van der Waals surface area contributed by atoms with Crippen LogP contribution in [0.2, 0.25) is 0 Å². The van der Waals surface area contributed by atoms with Crippen molar-refractivity contribution < 1.29 is 4.74 Å². The molecule has 1 unspecified atom stereocenters. The lowest BCUT2D eigenvalue weighted by molar-refractivity contribution is 0.338. The van der Waals surface area contributed by atoms with Gasteiger partial charge in [0.1, 0.15) is 5.75 Å². The maximum atomic E-state index is 5.45. The van der Waals surface area contributed by atoms with Crippen molar-refractivity contribution in [3.8, 4) is 5.75 Å². The number of nitrogens with zero attached hydrogens (tertiary/aromatic N) is 1. The average molecular weight is 236 g/mol. The fourth-order valence-electron chi connectivity index (χ4n) is 1.73. The standard InChI is InChI=1S/C14H24N2O/c1-5-17-14-7-13(9-15-10-14)6-12(4)8-16-11(2)3/h7,9-12,16H,5-6,8H2,1-4H3. The van der Waals surface area contributed by atoms with Crippen LogP contribution in [0.15, 0.2) is 18.5 Å². The Morgan fingerprint density at radius 1 is 1.29 bits per heavy atom. The van der Waals surface area contributed by atoms with Gasteiger partial charge < -0.3 is 10.1 Å². The van der Waals surface area contributed by atoms with Gasteiger partial charge in [-0.05, 0) is 37.4 Å². The Morgan fingerprint density at radius 3 is 2.71 bits per heavy atom. The summed E-state index contributed by atoms with van der Waals surface area (Å²) in [6.07, 6.45) is 4.73. The lowest BCUT2D eigenvalue weighted by Crippen LogP contribution is -2.28. The minimum Gasteiger partial charge on any atom is -0.492 e. The highest BCUT2D eigenvalue weighted by atomic mass is 16.5. The van der Waals surface area contributed by atoms with Crippen LogP contribution in [0.3, 0.4) is 0 Å². The number of hydrogen-bond donors (Lipinski definition) is 1. The molecule has 0 saturated heterocycles. The summed E-state index contributed by atoms with van der Waals surface area (Å²) < 4.78 is 5.45. The number of pyridine rings is 1. The molecule has 1 rings (SSSR count). The number of ether oxygens (including phenoxy) is 1. The Morgan fingerprint density at radius 2 is 2.06 bits per heavy atom. The van der Waals surface area contributed by atoms with Crippen LogP contribution in [0.5, 0.6) is 5.75 Å². The van der Waals surface area contributed by atoms with Gasteiger partial charge in [0.25, 0.3) is 0 Å². The normalized spacial score (nSPS) is 12.8. The van der Waals surface area contributed by atoms with Crippen LogP contribution < -0.4 is 10.1 Å². The first kappa shape index (κ1) is 14.0. The zero-order chi connectivity index (χ0) is 12.7. The van der Waals surface area contributed by atoms with Crippen LogP contribution in [0.25, 0.3) is 0 Å². The maximum Gasteiger partial charge on any atom is 0.137 e. The summed E-state index contributed by atoms with van der Waals surface area (Å²) in [7, 11) is 0. The second kappa shape index (κ2) is 7.28. The van der Waals surface area contributed by atoms with Crippen molar-refractivity contribution >= 4 is 0 Å². The molecule has 0 radical (unpaired) electrons. The Balaban J connectivity index is 2.46. The van der Waals surface area contributed by atoms with E-state index in [0.717, 1.165) is 18.7 Å². The van der Waals surface area contributed by atoms with Gasteiger partial charge in [0.15, 0.2) is 0 Å². The van der Waals surface area contributed by atoms with Crippen molar-refractivity contribution in [2.45, 2.75) is 40.2 Å². The molecular weight excluding hydrogens is 212 g/mol. The molecule has 0 aliphatic heterocycles. The number of aromatic nitrogens is 1. The molecule has 1 aromatic heterocycles. The van der Waals surface area contributed by atoms with Gasteiger partial charge in [-0.15, -0.1) is 0 Å². The van der Waals surface area contributed by atoms with Gasteiger partial charge in [0.2, 0.25) is 0 Å². The van der Waals surface area contributed by atoms with Gasteiger partial charge in [0, 0.05) is 12.2 Å². The highest BCUT2D eigenvalue weighted by molar-refractivity contribution is 5.23. The molecule has 0 bridgehead atoms. The zero-order valence-corrected chi connectivity index (χ0v) is 11.4. The SMILES string of the molecule is CCOc1cncc(CC(C)CNC(C)C)c1. The van der Waals surface area contributed by atoms with Crippen LogP contribution in [0, 0.1) is 5.92 Å². The third-order valence-corrected chi connectivity index (χ3v) is 2.54. The van der Waals surface area contributed by atoms with Crippen LogP contribution >= 0.6 is 0 Å². The van der Waals surface area contributed by atoms with E-state index in [-0.39, 0.29) is 0 Å². The fraction of sp³-hybridized carbons (Fsp3) is 0.643. The van der Waals surface area contributed by atoms with E-state index in [1.54, 1.807) is 6.20 Å². The largest absolute Gasteiger partial charge is 0.492 e. The number of rotatable bonds is 7. The van der Waals surface area contributed by atoms with E-state index < -0.39 is 0 Å². The van der Waals surface area contributed by atoms with E-state index in [9.17, 15) is 0 Å². The molecule has 1 aromatic rings. The van der Waals surface area contributed by atoms with Crippen molar-refractivity contribution in [3.63, 3.8) is 0 Å². The van der Waals surface area contributed by atoms with Crippen LogP contribution in [0.1, 0.15) is 33.3 Å². The van der Waals surface area contributed by atoms with E-state index in [1.165, 1.54) is 5.56 Å². The second-order valence-corrected chi connectivity index (χ2v) is 4.83. The summed E-state index contributed by atoms with van der Waals surface area (Å²) in [4.78, 5) is 4.21. The van der Waals surface area contributed by atoms with Gasteiger partial charge in [-0.1, -0.05) is 20.8 Å². The van der Waals surface area contributed by atoms with E-state index in [2.05, 4.69) is 37.1 Å². The Kier molecular flexibility index (Phi) is 5.98. The molecule has 0 aromatic carbocycles. The molecule has 1 heterocycles. The molecule has 0 spiro atoms. The molecule has 0 saturated carbocycles. The summed E-state index contributed by atoms with van der Waals surface area (Å²) >= 11 is 0. The van der Waals surface area contributed by atoms with Gasteiger partial charge in [-0.25, -0.2) is 0 Å². The molecule has 3 heteroatoms. The topological polar surface area (TPSA) is 34.1 Å². The van der Waals surface area contributed by atoms with Crippen molar-refractivity contribution in [2.24, 2.45) is 5.92 Å². The minimum atomic E-state index is 0.547. The maximum absolute atomic E-state index is 5.45. The smallest absolute Gasteiger partial charge is 0.137 e. The van der Waals surface area contributed by atoms with E-state index in [0.29, 0.717) is 18.6 Å². The molecule has 96 valence electrons. The van der Waals surface area contributed by atoms with Crippen molar-refractivity contribution in [1.82, 2.24) is 10.3 Å².